The standard InChI is InChI=1S/C7H3N.BH3O2/c8-4-6-3-5-1-2-7(5)6;2-1-3/h1-3H;1-3H. The van der Waals surface area contributed by atoms with Crippen molar-refractivity contribution in [3.05, 3.63) is 23.8 Å². The van der Waals surface area contributed by atoms with E-state index in [1.807, 2.05) is 18.2 Å². The zero-order valence-corrected chi connectivity index (χ0v) is 5.78. The summed E-state index contributed by atoms with van der Waals surface area (Å²) in [6, 6.07) is 7.96. The molecule has 2 N–H and O–H groups in total. The molecule has 54 valence electrons. The first-order valence-corrected chi connectivity index (χ1v) is 3.09. The fraction of sp³-hybridized carbons (Fsp3) is 0. The average molecular weight is 147 g/mol. The fourth-order valence-corrected chi connectivity index (χ4v) is 0.882. The fourth-order valence-electron chi connectivity index (χ4n) is 0.882. The molecule has 0 fully saturated rings. The van der Waals surface area contributed by atoms with Crippen molar-refractivity contribution in [3.8, 4) is 17.2 Å². The molecule has 0 heterocycles. The summed E-state index contributed by atoms with van der Waals surface area (Å²) in [5.74, 6) is 0. The number of hydrogen-bond donors (Lipinski definition) is 2. The van der Waals surface area contributed by atoms with Gasteiger partial charge in [-0.25, -0.2) is 0 Å². The van der Waals surface area contributed by atoms with E-state index in [0.29, 0.717) is 0 Å². The lowest BCUT2D eigenvalue weighted by atomic mass is 9.88. The molecule has 3 nitrogen and oxygen atoms in total. The maximum atomic E-state index is 8.32. The van der Waals surface area contributed by atoms with E-state index in [1.54, 1.807) is 0 Å². The first kappa shape index (κ1) is 7.80. The van der Waals surface area contributed by atoms with Crippen molar-refractivity contribution < 1.29 is 10.0 Å². The Morgan fingerprint density at radius 2 is 2.00 bits per heavy atom. The Kier molecular flexibility index (Phi) is 2.26. The van der Waals surface area contributed by atoms with Gasteiger partial charge in [0, 0.05) is 0 Å². The van der Waals surface area contributed by atoms with Crippen LogP contribution in [0.1, 0.15) is 5.56 Å². The number of hydrogen-bond acceptors (Lipinski definition) is 3. The van der Waals surface area contributed by atoms with Crippen molar-refractivity contribution in [2.45, 2.75) is 0 Å². The Hall–Kier alpha value is -1.31. The van der Waals surface area contributed by atoms with Crippen molar-refractivity contribution in [2.75, 3.05) is 0 Å². The summed E-state index contributed by atoms with van der Waals surface area (Å²) in [6.07, 6.45) is 0. The molecular weight excluding hydrogens is 141 g/mol. The number of benzene rings is 1. The summed E-state index contributed by atoms with van der Waals surface area (Å²) >= 11 is 0. The summed E-state index contributed by atoms with van der Waals surface area (Å²) in [5, 5.41) is 22.6. The van der Waals surface area contributed by atoms with Crippen molar-refractivity contribution in [1.29, 1.82) is 5.26 Å². The monoisotopic (exact) mass is 147 g/mol. The molecule has 4 heteroatoms. The highest BCUT2D eigenvalue weighted by molar-refractivity contribution is 6.13. The largest absolute Gasteiger partial charge is 0.432 e. The molecule has 0 amide bonds. The molecule has 0 saturated carbocycles. The van der Waals surface area contributed by atoms with E-state index in [0.717, 1.165) is 11.1 Å². The van der Waals surface area contributed by atoms with Crippen LogP contribution in [-0.2, 0) is 0 Å². The van der Waals surface area contributed by atoms with Crippen molar-refractivity contribution in [3.63, 3.8) is 0 Å². The third-order valence-electron chi connectivity index (χ3n) is 1.45. The third-order valence-corrected chi connectivity index (χ3v) is 1.45. The number of nitrogens with zero attached hydrogens (tertiary/aromatic N) is 1. The summed E-state index contributed by atoms with van der Waals surface area (Å²) in [4.78, 5) is 0. The van der Waals surface area contributed by atoms with Gasteiger partial charge in [0.15, 0.2) is 0 Å². The van der Waals surface area contributed by atoms with Crippen LogP contribution < -0.4 is 0 Å². The minimum Gasteiger partial charge on any atom is -0.430 e. The molecule has 0 saturated heterocycles. The van der Waals surface area contributed by atoms with Gasteiger partial charge in [-0.1, -0.05) is 12.1 Å². The van der Waals surface area contributed by atoms with Crippen LogP contribution in [0.3, 0.4) is 0 Å². The minimum absolute atomic E-state index is 0.750. The first-order chi connectivity index (χ1) is 5.33. The Labute approximate surface area is 64.8 Å². The Morgan fingerprint density at radius 3 is 2.09 bits per heavy atom. The van der Waals surface area contributed by atoms with E-state index in [2.05, 4.69) is 6.07 Å². The average Bonchev–Trinajstić information content (AvgIpc) is 1.96. The van der Waals surface area contributed by atoms with Gasteiger partial charge in [-0.2, -0.15) is 5.26 Å². The van der Waals surface area contributed by atoms with E-state index in [-0.39, 0.29) is 0 Å². The van der Waals surface area contributed by atoms with Crippen LogP contribution in [0, 0.1) is 11.3 Å². The SMILES string of the molecule is N#Cc1cc2ccc1-2.OBO. The smallest absolute Gasteiger partial charge is 0.430 e. The molecule has 2 aliphatic rings. The molecule has 0 atom stereocenters. The molecule has 0 spiro atoms. The zero-order valence-electron chi connectivity index (χ0n) is 5.78. The molecule has 0 aromatic rings. The lowest BCUT2D eigenvalue weighted by Gasteiger charge is -2.14. The van der Waals surface area contributed by atoms with E-state index < -0.39 is 7.69 Å². The summed E-state index contributed by atoms with van der Waals surface area (Å²) in [6.45, 7) is 0. The van der Waals surface area contributed by atoms with E-state index in [9.17, 15) is 0 Å². The van der Waals surface area contributed by atoms with Crippen LogP contribution in [0.5, 0.6) is 0 Å². The van der Waals surface area contributed by atoms with Gasteiger partial charge in [-0.15, -0.1) is 0 Å². The topological polar surface area (TPSA) is 64.2 Å². The second-order valence-corrected chi connectivity index (χ2v) is 2.01. The van der Waals surface area contributed by atoms with Gasteiger partial charge in [0.1, 0.15) is 0 Å². The Morgan fingerprint density at radius 1 is 1.36 bits per heavy atom. The van der Waals surface area contributed by atoms with Crippen molar-refractivity contribution in [1.82, 2.24) is 0 Å². The van der Waals surface area contributed by atoms with Crippen LogP contribution in [-0.4, -0.2) is 17.7 Å². The van der Waals surface area contributed by atoms with E-state index in [4.69, 9.17) is 15.3 Å². The van der Waals surface area contributed by atoms with E-state index >= 15 is 0 Å². The van der Waals surface area contributed by atoms with E-state index in [1.165, 1.54) is 5.56 Å². The molecule has 0 aliphatic heterocycles. The first-order valence-electron chi connectivity index (χ1n) is 3.09. The lowest BCUT2D eigenvalue weighted by Crippen LogP contribution is -1.94. The second-order valence-electron chi connectivity index (χ2n) is 2.01. The maximum absolute atomic E-state index is 8.32. The molecule has 2 rings (SSSR count). The number of rotatable bonds is 0. The molecular formula is C7H6BNO2. The van der Waals surface area contributed by atoms with Gasteiger partial charge in [0.2, 0.25) is 0 Å². The zero-order chi connectivity index (χ0) is 8.27. The molecule has 0 radical (unpaired) electrons. The van der Waals surface area contributed by atoms with Crippen molar-refractivity contribution in [2.24, 2.45) is 0 Å². The number of fused-ring (bicyclic) bond motifs is 1. The van der Waals surface area contributed by atoms with Crippen LogP contribution >= 0.6 is 0 Å². The summed E-state index contributed by atoms with van der Waals surface area (Å²) in [5.41, 5.74) is 3.22. The van der Waals surface area contributed by atoms with Gasteiger partial charge in [0.25, 0.3) is 0 Å². The molecule has 11 heavy (non-hydrogen) atoms. The van der Waals surface area contributed by atoms with Gasteiger partial charge in [-0.05, 0) is 17.2 Å². The highest BCUT2D eigenvalue weighted by Crippen LogP contribution is 2.35. The summed E-state index contributed by atoms with van der Waals surface area (Å²) < 4.78 is 0. The van der Waals surface area contributed by atoms with Gasteiger partial charge < -0.3 is 10.0 Å². The van der Waals surface area contributed by atoms with Crippen LogP contribution in [0.4, 0.5) is 0 Å². The second kappa shape index (κ2) is 3.19. The van der Waals surface area contributed by atoms with Crippen molar-refractivity contribution >= 4 is 7.69 Å². The molecule has 0 bridgehead atoms. The molecule has 0 aromatic carbocycles. The molecule has 0 unspecified atom stereocenters. The van der Waals surface area contributed by atoms with Crippen LogP contribution in [0.2, 0.25) is 0 Å². The number of nitriles is 1. The predicted molar refractivity (Wildman–Crippen MR) is 41.7 cm³/mol. The summed E-state index contributed by atoms with van der Waals surface area (Å²) in [7, 11) is -0.750. The Bertz CT molecular complexity index is 306. The minimum atomic E-state index is -0.750. The Balaban J connectivity index is 0.000000179. The van der Waals surface area contributed by atoms with Gasteiger partial charge in [0.05, 0.1) is 11.6 Å². The third kappa shape index (κ3) is 1.24. The normalized spacial score (nSPS) is 8.82. The highest BCUT2D eigenvalue weighted by atomic mass is 16.4. The lowest BCUT2D eigenvalue weighted by molar-refractivity contribution is 0.448. The van der Waals surface area contributed by atoms with Crippen LogP contribution in [0.15, 0.2) is 18.2 Å². The molecule has 0 aromatic heterocycles. The van der Waals surface area contributed by atoms with Crippen LogP contribution in [0.25, 0.3) is 11.1 Å². The highest BCUT2D eigenvalue weighted by Gasteiger charge is 2.14. The maximum Gasteiger partial charge on any atom is 0.432 e. The quantitative estimate of drug-likeness (QED) is 0.506. The van der Waals surface area contributed by atoms with Gasteiger partial charge >= 0.3 is 7.69 Å². The predicted octanol–water partition coefficient (Wildman–Crippen LogP) is -0.224. The molecule has 2 aliphatic carbocycles. The van der Waals surface area contributed by atoms with Gasteiger partial charge in [-0.3, -0.25) is 0 Å².